The van der Waals surface area contributed by atoms with Crippen LogP contribution in [0.1, 0.15) is 45.0 Å². The van der Waals surface area contributed by atoms with Crippen LogP contribution in [0.5, 0.6) is 0 Å². The largest absolute Gasteiger partial charge is 0.444 e. The summed E-state index contributed by atoms with van der Waals surface area (Å²) < 4.78 is 31.6. The molecule has 0 atom stereocenters. The zero-order chi connectivity index (χ0) is 16.4. The fourth-order valence-corrected chi connectivity index (χ4v) is 1.63. The summed E-state index contributed by atoms with van der Waals surface area (Å²) in [5.41, 5.74) is -2.40. The zero-order valence-corrected chi connectivity index (χ0v) is 12.7. The summed E-state index contributed by atoms with van der Waals surface area (Å²) in [7, 11) is 0. The van der Waals surface area contributed by atoms with Gasteiger partial charge in [0.15, 0.2) is 5.78 Å². The number of nitrogens with one attached hydrogen (secondary N) is 1. The van der Waals surface area contributed by atoms with Gasteiger partial charge in [-0.2, -0.15) is 0 Å². The molecule has 0 aromatic heterocycles. The molecule has 0 aliphatic heterocycles. The number of carbonyl (C=O) groups excluding carboxylic acids is 2. The Hall–Kier alpha value is -1.98. The quantitative estimate of drug-likeness (QED) is 0.870. The smallest absolute Gasteiger partial charge is 0.408 e. The second kappa shape index (κ2) is 5.79. The molecule has 1 amide bonds. The van der Waals surface area contributed by atoms with E-state index in [-0.39, 0.29) is 5.56 Å². The number of alkyl carbamates (subject to hydrolysis) is 1. The van der Waals surface area contributed by atoms with E-state index < -0.39 is 34.7 Å². The molecule has 0 fully saturated rings. The maximum Gasteiger partial charge on any atom is 0.408 e. The van der Waals surface area contributed by atoms with E-state index in [4.69, 9.17) is 4.74 Å². The van der Waals surface area contributed by atoms with Crippen molar-refractivity contribution in [2.75, 3.05) is 0 Å². The SMILES string of the molecule is CC(C)(C)OC(=O)NC(C)(C)C(=O)c1ccc(F)cc1F. The molecule has 116 valence electrons. The van der Waals surface area contributed by atoms with Crippen molar-refractivity contribution < 1.29 is 23.1 Å². The van der Waals surface area contributed by atoms with E-state index in [1.54, 1.807) is 20.8 Å². The third-order valence-electron chi connectivity index (χ3n) is 2.56. The first-order chi connectivity index (χ1) is 9.42. The number of rotatable bonds is 3. The topological polar surface area (TPSA) is 55.4 Å². The van der Waals surface area contributed by atoms with Gasteiger partial charge in [0.1, 0.15) is 22.8 Å². The predicted molar refractivity (Wildman–Crippen MR) is 74.1 cm³/mol. The van der Waals surface area contributed by atoms with Crippen molar-refractivity contribution in [2.45, 2.75) is 45.8 Å². The summed E-state index contributed by atoms with van der Waals surface area (Å²) in [5.74, 6) is -2.42. The highest BCUT2D eigenvalue weighted by atomic mass is 19.1. The second-order valence-corrected chi connectivity index (χ2v) is 6.21. The first-order valence-corrected chi connectivity index (χ1v) is 6.43. The van der Waals surface area contributed by atoms with E-state index in [1.807, 2.05) is 0 Å². The van der Waals surface area contributed by atoms with Crippen LogP contribution in [-0.4, -0.2) is 23.0 Å². The standard InChI is InChI=1S/C15H19F2NO3/c1-14(2,3)21-13(20)18-15(4,5)12(19)10-7-6-9(16)8-11(10)17/h6-8H,1-5H3,(H,18,20). The summed E-state index contributed by atoms with van der Waals surface area (Å²) in [6, 6.07) is 2.65. The average molecular weight is 299 g/mol. The summed E-state index contributed by atoms with van der Waals surface area (Å²) in [6.45, 7) is 7.88. The summed E-state index contributed by atoms with van der Waals surface area (Å²) in [4.78, 5) is 24.0. The highest BCUT2D eigenvalue weighted by Gasteiger charge is 2.33. The van der Waals surface area contributed by atoms with Gasteiger partial charge >= 0.3 is 6.09 Å². The molecule has 1 rings (SSSR count). The molecule has 1 aromatic rings. The Morgan fingerprint density at radius 3 is 2.14 bits per heavy atom. The van der Waals surface area contributed by atoms with Crippen LogP contribution in [0.3, 0.4) is 0 Å². The van der Waals surface area contributed by atoms with Crippen molar-refractivity contribution in [3.63, 3.8) is 0 Å². The van der Waals surface area contributed by atoms with Crippen LogP contribution >= 0.6 is 0 Å². The van der Waals surface area contributed by atoms with Gasteiger partial charge in [0, 0.05) is 6.07 Å². The Bertz CT molecular complexity index is 563. The zero-order valence-electron chi connectivity index (χ0n) is 12.7. The van der Waals surface area contributed by atoms with Crippen LogP contribution in [0.25, 0.3) is 0 Å². The van der Waals surface area contributed by atoms with Gasteiger partial charge in [0.2, 0.25) is 0 Å². The molecule has 6 heteroatoms. The molecule has 0 aliphatic rings. The molecule has 0 aliphatic carbocycles. The Balaban J connectivity index is 2.91. The lowest BCUT2D eigenvalue weighted by atomic mass is 9.93. The number of hydrogen-bond donors (Lipinski definition) is 1. The number of halogens is 2. The second-order valence-electron chi connectivity index (χ2n) is 6.21. The molecule has 21 heavy (non-hydrogen) atoms. The molecule has 0 radical (unpaired) electrons. The maximum atomic E-state index is 13.6. The van der Waals surface area contributed by atoms with Gasteiger partial charge in [0.05, 0.1) is 5.56 Å². The van der Waals surface area contributed by atoms with E-state index in [0.29, 0.717) is 6.07 Å². The van der Waals surface area contributed by atoms with E-state index in [0.717, 1.165) is 12.1 Å². The number of ether oxygens (including phenoxy) is 1. The minimum Gasteiger partial charge on any atom is -0.444 e. The van der Waals surface area contributed by atoms with Crippen LogP contribution in [0, 0.1) is 11.6 Å². The lowest BCUT2D eigenvalue weighted by Gasteiger charge is -2.27. The third kappa shape index (κ3) is 4.81. The summed E-state index contributed by atoms with van der Waals surface area (Å²) in [5, 5.41) is 2.38. The maximum absolute atomic E-state index is 13.6. The van der Waals surface area contributed by atoms with Gasteiger partial charge in [-0.1, -0.05) is 0 Å². The van der Waals surface area contributed by atoms with Crippen LogP contribution < -0.4 is 5.32 Å². The van der Waals surface area contributed by atoms with Gasteiger partial charge in [-0.05, 0) is 46.8 Å². The van der Waals surface area contributed by atoms with Crippen molar-refractivity contribution in [1.82, 2.24) is 5.32 Å². The fourth-order valence-electron chi connectivity index (χ4n) is 1.63. The van der Waals surface area contributed by atoms with Gasteiger partial charge in [-0.15, -0.1) is 0 Å². The molecule has 0 heterocycles. The first kappa shape index (κ1) is 17.1. The molecule has 1 aromatic carbocycles. The summed E-state index contributed by atoms with van der Waals surface area (Å²) in [6.07, 6.45) is -0.789. The summed E-state index contributed by atoms with van der Waals surface area (Å²) >= 11 is 0. The number of ketones is 1. The van der Waals surface area contributed by atoms with Crippen molar-refractivity contribution >= 4 is 11.9 Å². The molecule has 4 nitrogen and oxygen atoms in total. The highest BCUT2D eigenvalue weighted by molar-refractivity contribution is 6.04. The molecular weight excluding hydrogens is 280 g/mol. The lowest BCUT2D eigenvalue weighted by molar-refractivity contribution is 0.0453. The Morgan fingerprint density at radius 2 is 1.67 bits per heavy atom. The van der Waals surface area contributed by atoms with Crippen LogP contribution in [0.15, 0.2) is 18.2 Å². The number of hydrogen-bond acceptors (Lipinski definition) is 3. The average Bonchev–Trinajstić information content (AvgIpc) is 2.24. The molecule has 0 unspecified atom stereocenters. The van der Waals surface area contributed by atoms with E-state index >= 15 is 0 Å². The van der Waals surface area contributed by atoms with Gasteiger partial charge < -0.3 is 10.1 Å². The third-order valence-corrected chi connectivity index (χ3v) is 2.56. The predicted octanol–water partition coefficient (Wildman–Crippen LogP) is 3.45. The molecule has 0 saturated carbocycles. The van der Waals surface area contributed by atoms with Gasteiger partial charge in [-0.3, -0.25) is 4.79 Å². The normalized spacial score (nSPS) is 12.0. The number of carbonyl (C=O) groups is 2. The van der Waals surface area contributed by atoms with Crippen molar-refractivity contribution in [3.05, 3.63) is 35.4 Å². The van der Waals surface area contributed by atoms with Crippen molar-refractivity contribution in [1.29, 1.82) is 0 Å². The lowest BCUT2D eigenvalue weighted by Crippen LogP contribution is -2.51. The number of benzene rings is 1. The number of Topliss-reactive ketones (excluding diaryl/α,β-unsaturated/α-hetero) is 1. The number of amides is 1. The molecule has 1 N–H and O–H groups in total. The Kier molecular flexibility index (Phi) is 4.71. The Labute approximate surface area is 122 Å². The Morgan fingerprint density at radius 1 is 1.10 bits per heavy atom. The van der Waals surface area contributed by atoms with Crippen LogP contribution in [-0.2, 0) is 4.74 Å². The van der Waals surface area contributed by atoms with Crippen molar-refractivity contribution in [3.8, 4) is 0 Å². The van der Waals surface area contributed by atoms with E-state index in [9.17, 15) is 18.4 Å². The molecule has 0 spiro atoms. The van der Waals surface area contributed by atoms with Crippen molar-refractivity contribution in [2.24, 2.45) is 0 Å². The van der Waals surface area contributed by atoms with Crippen LogP contribution in [0.2, 0.25) is 0 Å². The minimum absolute atomic E-state index is 0.294. The van der Waals surface area contributed by atoms with E-state index in [1.165, 1.54) is 13.8 Å². The molecular formula is C15H19F2NO3. The van der Waals surface area contributed by atoms with E-state index in [2.05, 4.69) is 5.32 Å². The van der Waals surface area contributed by atoms with Crippen LogP contribution in [0.4, 0.5) is 13.6 Å². The first-order valence-electron chi connectivity index (χ1n) is 6.43. The fraction of sp³-hybridized carbons (Fsp3) is 0.467. The minimum atomic E-state index is -1.39. The molecule has 0 bridgehead atoms. The molecule has 0 saturated heterocycles. The highest BCUT2D eigenvalue weighted by Crippen LogP contribution is 2.18. The monoisotopic (exact) mass is 299 g/mol. The van der Waals surface area contributed by atoms with Gasteiger partial charge in [-0.25, -0.2) is 13.6 Å². The van der Waals surface area contributed by atoms with Gasteiger partial charge in [0.25, 0.3) is 0 Å².